The Morgan fingerprint density at radius 3 is 2.57 bits per heavy atom. The fourth-order valence-corrected chi connectivity index (χ4v) is 3.77. The van der Waals surface area contributed by atoms with Crippen molar-refractivity contribution in [3.8, 4) is 11.3 Å². The maximum absolute atomic E-state index is 13.1. The molecule has 3 aromatic rings. The third-order valence-corrected chi connectivity index (χ3v) is 5.38. The number of pyridine rings is 2. The number of anilines is 1. The average molecular weight is 400 g/mol. The molecule has 1 aromatic carbocycles. The number of aryl methyl sites for hydroxylation is 1. The molecule has 1 fully saturated rings. The molecule has 3 heterocycles. The van der Waals surface area contributed by atoms with Gasteiger partial charge in [0.2, 0.25) is 5.91 Å². The molecule has 0 spiro atoms. The summed E-state index contributed by atoms with van der Waals surface area (Å²) in [6, 6.07) is 19.0. The first-order chi connectivity index (χ1) is 14.6. The van der Waals surface area contributed by atoms with Gasteiger partial charge in [-0.1, -0.05) is 36.4 Å². The van der Waals surface area contributed by atoms with Crippen LogP contribution in [0.5, 0.6) is 0 Å². The minimum absolute atomic E-state index is 0.0741. The van der Waals surface area contributed by atoms with Crippen LogP contribution in [0, 0.1) is 12.8 Å². The van der Waals surface area contributed by atoms with Crippen LogP contribution < -0.4 is 5.32 Å². The van der Waals surface area contributed by atoms with Crippen molar-refractivity contribution in [2.24, 2.45) is 5.92 Å². The molecule has 0 aliphatic carbocycles. The van der Waals surface area contributed by atoms with Crippen LogP contribution in [0.3, 0.4) is 0 Å². The molecule has 0 saturated carbocycles. The van der Waals surface area contributed by atoms with Crippen molar-refractivity contribution in [3.63, 3.8) is 0 Å². The predicted octanol–water partition coefficient (Wildman–Crippen LogP) is 3.94. The van der Waals surface area contributed by atoms with Crippen molar-refractivity contribution < 1.29 is 9.59 Å². The maximum atomic E-state index is 13.1. The Kier molecular flexibility index (Phi) is 5.84. The highest BCUT2D eigenvalue weighted by molar-refractivity contribution is 5.97. The fraction of sp³-hybridized carbons (Fsp3) is 0.250. The molecular formula is C24H24N4O2. The molecule has 30 heavy (non-hydrogen) atoms. The van der Waals surface area contributed by atoms with Crippen LogP contribution in [0.25, 0.3) is 11.3 Å². The van der Waals surface area contributed by atoms with Gasteiger partial charge in [0.1, 0.15) is 5.82 Å². The second-order valence-corrected chi connectivity index (χ2v) is 7.49. The van der Waals surface area contributed by atoms with E-state index in [1.807, 2.05) is 55.5 Å². The van der Waals surface area contributed by atoms with Crippen LogP contribution >= 0.6 is 0 Å². The molecule has 2 aromatic heterocycles. The molecule has 152 valence electrons. The summed E-state index contributed by atoms with van der Waals surface area (Å²) >= 11 is 0. The Morgan fingerprint density at radius 2 is 1.83 bits per heavy atom. The number of nitrogens with zero attached hydrogens (tertiary/aromatic N) is 3. The molecule has 1 aliphatic heterocycles. The van der Waals surface area contributed by atoms with E-state index in [-0.39, 0.29) is 17.7 Å². The lowest BCUT2D eigenvalue weighted by Gasteiger charge is -2.32. The second-order valence-electron chi connectivity index (χ2n) is 7.49. The zero-order valence-electron chi connectivity index (χ0n) is 16.9. The smallest absolute Gasteiger partial charge is 0.255 e. The summed E-state index contributed by atoms with van der Waals surface area (Å²) < 4.78 is 0. The molecule has 0 radical (unpaired) electrons. The van der Waals surface area contributed by atoms with Crippen LogP contribution in [0.2, 0.25) is 0 Å². The second kappa shape index (κ2) is 8.86. The number of carbonyl (C=O) groups excluding carboxylic acids is 2. The lowest BCUT2D eigenvalue weighted by atomic mass is 9.96. The molecule has 1 N–H and O–H groups in total. The van der Waals surface area contributed by atoms with E-state index in [4.69, 9.17) is 0 Å². The first-order valence-corrected chi connectivity index (χ1v) is 10.2. The SMILES string of the molecule is Cc1nc(-c2ccccc2)ccc1C(=O)N1CCC[C@@H](C(=O)Nc2ccccn2)C1. The summed E-state index contributed by atoms with van der Waals surface area (Å²) in [5.41, 5.74) is 3.14. The number of nitrogens with one attached hydrogen (secondary N) is 1. The normalized spacial score (nSPS) is 16.2. The quantitative estimate of drug-likeness (QED) is 0.720. The Labute approximate surface area is 176 Å². The molecule has 6 heteroatoms. The summed E-state index contributed by atoms with van der Waals surface area (Å²) in [6.07, 6.45) is 3.19. The monoisotopic (exact) mass is 400 g/mol. The van der Waals surface area contributed by atoms with E-state index in [9.17, 15) is 9.59 Å². The van der Waals surface area contributed by atoms with E-state index in [0.29, 0.717) is 30.2 Å². The molecule has 4 rings (SSSR count). The highest BCUT2D eigenvalue weighted by Crippen LogP contribution is 2.23. The average Bonchev–Trinajstić information content (AvgIpc) is 2.80. The highest BCUT2D eigenvalue weighted by atomic mass is 16.2. The number of aromatic nitrogens is 2. The van der Waals surface area contributed by atoms with E-state index in [0.717, 1.165) is 24.1 Å². The van der Waals surface area contributed by atoms with Crippen LogP contribution in [0.1, 0.15) is 28.9 Å². The van der Waals surface area contributed by atoms with Gasteiger partial charge < -0.3 is 10.2 Å². The van der Waals surface area contributed by atoms with Crippen molar-refractivity contribution in [1.29, 1.82) is 0 Å². The Morgan fingerprint density at radius 1 is 1.03 bits per heavy atom. The maximum Gasteiger partial charge on any atom is 0.255 e. The van der Waals surface area contributed by atoms with Crippen molar-refractivity contribution in [1.82, 2.24) is 14.9 Å². The number of hydrogen-bond acceptors (Lipinski definition) is 4. The van der Waals surface area contributed by atoms with E-state index in [1.54, 1.807) is 23.2 Å². The largest absolute Gasteiger partial charge is 0.338 e. The Bertz CT molecular complexity index is 1040. The number of likely N-dealkylation sites (tertiary alicyclic amines) is 1. The molecule has 6 nitrogen and oxygen atoms in total. The number of carbonyl (C=O) groups is 2. The van der Waals surface area contributed by atoms with Gasteiger partial charge in [0, 0.05) is 24.8 Å². The van der Waals surface area contributed by atoms with Gasteiger partial charge in [-0.2, -0.15) is 0 Å². The Hall–Kier alpha value is -3.54. The van der Waals surface area contributed by atoms with E-state index in [2.05, 4.69) is 15.3 Å². The van der Waals surface area contributed by atoms with Crippen molar-refractivity contribution in [2.75, 3.05) is 18.4 Å². The number of piperidine rings is 1. The van der Waals surface area contributed by atoms with Gasteiger partial charge in [0.05, 0.1) is 22.9 Å². The highest BCUT2D eigenvalue weighted by Gasteiger charge is 2.30. The standard InChI is InChI=1S/C24H24N4O2/c1-17-20(12-13-21(26-17)18-8-3-2-4-9-18)24(30)28-15-7-10-19(16-28)23(29)27-22-11-5-6-14-25-22/h2-6,8-9,11-14,19H,7,10,15-16H2,1H3,(H,25,27,29)/t19-/m1/s1. The molecule has 1 saturated heterocycles. The summed E-state index contributed by atoms with van der Waals surface area (Å²) in [4.78, 5) is 36.3. The van der Waals surface area contributed by atoms with E-state index in [1.165, 1.54) is 0 Å². The third kappa shape index (κ3) is 4.38. The molecule has 0 unspecified atom stereocenters. The van der Waals surface area contributed by atoms with E-state index < -0.39 is 0 Å². The summed E-state index contributed by atoms with van der Waals surface area (Å²) in [6.45, 7) is 2.90. The third-order valence-electron chi connectivity index (χ3n) is 5.38. The minimum atomic E-state index is -0.249. The summed E-state index contributed by atoms with van der Waals surface area (Å²) in [7, 11) is 0. The predicted molar refractivity (Wildman–Crippen MR) is 116 cm³/mol. The van der Waals surface area contributed by atoms with Gasteiger partial charge in [0.25, 0.3) is 5.91 Å². The lowest BCUT2D eigenvalue weighted by Crippen LogP contribution is -2.44. The minimum Gasteiger partial charge on any atom is -0.338 e. The fourth-order valence-electron chi connectivity index (χ4n) is 3.77. The Balaban J connectivity index is 1.46. The topological polar surface area (TPSA) is 75.2 Å². The van der Waals surface area contributed by atoms with Gasteiger partial charge in [-0.15, -0.1) is 0 Å². The molecule has 2 amide bonds. The van der Waals surface area contributed by atoms with Gasteiger partial charge in [0.15, 0.2) is 0 Å². The van der Waals surface area contributed by atoms with Gasteiger partial charge >= 0.3 is 0 Å². The lowest BCUT2D eigenvalue weighted by molar-refractivity contribution is -0.121. The first-order valence-electron chi connectivity index (χ1n) is 10.2. The van der Waals surface area contributed by atoms with Gasteiger partial charge in [-0.3, -0.25) is 14.6 Å². The molecular weight excluding hydrogens is 376 g/mol. The van der Waals surface area contributed by atoms with Crippen LogP contribution in [0.15, 0.2) is 66.9 Å². The van der Waals surface area contributed by atoms with Gasteiger partial charge in [-0.25, -0.2) is 4.98 Å². The summed E-state index contributed by atoms with van der Waals surface area (Å²) in [5.74, 6) is 0.111. The number of benzene rings is 1. The first kappa shape index (κ1) is 19.8. The molecule has 1 aliphatic rings. The number of rotatable bonds is 4. The zero-order valence-corrected chi connectivity index (χ0v) is 16.9. The number of amides is 2. The number of hydrogen-bond donors (Lipinski definition) is 1. The van der Waals surface area contributed by atoms with Crippen LogP contribution in [0.4, 0.5) is 5.82 Å². The molecule has 1 atom stereocenters. The van der Waals surface area contributed by atoms with Crippen molar-refractivity contribution in [2.45, 2.75) is 19.8 Å². The van der Waals surface area contributed by atoms with Gasteiger partial charge in [-0.05, 0) is 44.0 Å². The van der Waals surface area contributed by atoms with Crippen LogP contribution in [-0.2, 0) is 4.79 Å². The molecule has 0 bridgehead atoms. The van der Waals surface area contributed by atoms with Crippen molar-refractivity contribution in [3.05, 3.63) is 78.1 Å². The van der Waals surface area contributed by atoms with Crippen molar-refractivity contribution >= 4 is 17.6 Å². The zero-order chi connectivity index (χ0) is 20.9. The van der Waals surface area contributed by atoms with Crippen LogP contribution in [-0.4, -0.2) is 39.8 Å². The summed E-state index contributed by atoms with van der Waals surface area (Å²) in [5, 5.41) is 2.85. The van der Waals surface area contributed by atoms with E-state index >= 15 is 0 Å².